The molecule has 0 spiro atoms. The summed E-state index contributed by atoms with van der Waals surface area (Å²) in [4.78, 5) is 13.1. The zero-order chi connectivity index (χ0) is 19.3. The molecule has 0 aromatic heterocycles. The molecule has 0 saturated carbocycles. The van der Waals surface area contributed by atoms with Crippen LogP contribution in [-0.4, -0.2) is 42.8 Å². The highest BCUT2D eigenvalue weighted by molar-refractivity contribution is 5.73. The topological polar surface area (TPSA) is 52.6 Å². The van der Waals surface area contributed by atoms with Crippen LogP contribution in [0.5, 0.6) is 0 Å². The number of carbonyl (C=O) groups excluding carboxylic acids is 1. The minimum atomic E-state index is -0.0833. The van der Waals surface area contributed by atoms with Gasteiger partial charge < -0.3 is 15.3 Å². The number of unbranched alkanes of at least 4 members (excludes halogenated alkanes) is 15. The maximum absolute atomic E-state index is 11.6. The molecule has 4 heteroatoms. The number of hydrogen-bond acceptors (Lipinski definition) is 2. The summed E-state index contributed by atoms with van der Waals surface area (Å²) in [7, 11) is 1.71. The lowest BCUT2D eigenvalue weighted by Crippen LogP contribution is -2.39. The highest BCUT2D eigenvalue weighted by Gasteiger charge is 2.05. The maximum atomic E-state index is 11.6. The largest absolute Gasteiger partial charge is 0.395 e. The third-order valence-electron chi connectivity index (χ3n) is 5.09. The second-order valence-electron chi connectivity index (χ2n) is 7.68. The quantitative estimate of drug-likeness (QED) is 0.279. The molecule has 0 aromatic carbocycles. The van der Waals surface area contributed by atoms with Gasteiger partial charge in [-0.1, -0.05) is 103 Å². The van der Waals surface area contributed by atoms with Gasteiger partial charge >= 0.3 is 6.03 Å². The molecule has 2 N–H and O–H groups in total. The van der Waals surface area contributed by atoms with Crippen LogP contribution in [0, 0.1) is 0 Å². The predicted molar refractivity (Wildman–Crippen MR) is 113 cm³/mol. The number of nitrogens with one attached hydrogen (secondary N) is 1. The number of hydrogen-bond donors (Lipinski definition) is 2. The van der Waals surface area contributed by atoms with E-state index >= 15 is 0 Å². The van der Waals surface area contributed by atoms with E-state index in [4.69, 9.17) is 5.11 Å². The van der Waals surface area contributed by atoms with E-state index in [0.717, 1.165) is 13.0 Å². The van der Waals surface area contributed by atoms with Gasteiger partial charge in [-0.05, 0) is 6.42 Å². The number of aliphatic hydroxyl groups excluding tert-OH is 1. The second kappa shape index (κ2) is 20.5. The molecule has 0 rings (SSSR count). The van der Waals surface area contributed by atoms with Crippen LogP contribution in [0.3, 0.4) is 0 Å². The molecule has 0 aliphatic heterocycles. The van der Waals surface area contributed by atoms with Gasteiger partial charge in [-0.3, -0.25) is 0 Å². The molecule has 0 unspecified atom stereocenters. The summed E-state index contributed by atoms with van der Waals surface area (Å²) in [6, 6.07) is -0.0833. The molecule has 0 atom stereocenters. The van der Waals surface area contributed by atoms with E-state index in [-0.39, 0.29) is 12.6 Å². The molecular weight excluding hydrogens is 324 g/mol. The smallest absolute Gasteiger partial charge is 0.317 e. The van der Waals surface area contributed by atoms with E-state index in [2.05, 4.69) is 12.2 Å². The fourth-order valence-corrected chi connectivity index (χ4v) is 3.25. The molecule has 0 aromatic rings. The average Bonchev–Trinajstić information content (AvgIpc) is 2.64. The molecular formula is C22H46N2O2. The van der Waals surface area contributed by atoms with E-state index in [0.29, 0.717) is 6.54 Å². The van der Waals surface area contributed by atoms with Crippen LogP contribution < -0.4 is 5.32 Å². The first-order chi connectivity index (χ1) is 12.7. The molecule has 156 valence electrons. The van der Waals surface area contributed by atoms with Crippen molar-refractivity contribution in [2.75, 3.05) is 26.7 Å². The third kappa shape index (κ3) is 18.0. The molecule has 0 radical (unpaired) electrons. The van der Waals surface area contributed by atoms with E-state index in [1.54, 1.807) is 7.05 Å². The van der Waals surface area contributed by atoms with Gasteiger partial charge in [0, 0.05) is 20.1 Å². The molecule has 4 nitrogen and oxygen atoms in total. The van der Waals surface area contributed by atoms with Gasteiger partial charge in [0.2, 0.25) is 0 Å². The standard InChI is InChI=1S/C22H46N2O2/c1-3-4-5-6-7-8-9-10-11-12-13-14-15-16-17-18-19-23-22(26)24(2)20-21-25/h25H,3-21H2,1-2H3,(H,23,26). The van der Waals surface area contributed by atoms with Gasteiger partial charge in [0.15, 0.2) is 0 Å². The van der Waals surface area contributed by atoms with Crippen LogP contribution in [0.1, 0.15) is 110 Å². The molecule has 0 heterocycles. The number of aliphatic hydroxyl groups is 1. The van der Waals surface area contributed by atoms with Crippen molar-refractivity contribution < 1.29 is 9.90 Å². The van der Waals surface area contributed by atoms with Crippen molar-refractivity contribution in [3.05, 3.63) is 0 Å². The summed E-state index contributed by atoms with van der Waals surface area (Å²) >= 11 is 0. The maximum Gasteiger partial charge on any atom is 0.317 e. The lowest BCUT2D eigenvalue weighted by Gasteiger charge is -2.16. The zero-order valence-corrected chi connectivity index (χ0v) is 17.7. The molecule has 0 fully saturated rings. The van der Waals surface area contributed by atoms with Gasteiger partial charge in [-0.25, -0.2) is 4.79 Å². The summed E-state index contributed by atoms with van der Waals surface area (Å²) in [6.45, 7) is 3.43. The minimum Gasteiger partial charge on any atom is -0.395 e. The Morgan fingerprint density at radius 2 is 1.12 bits per heavy atom. The van der Waals surface area contributed by atoms with Crippen molar-refractivity contribution in [1.29, 1.82) is 0 Å². The lowest BCUT2D eigenvalue weighted by molar-refractivity contribution is 0.190. The fraction of sp³-hybridized carbons (Fsp3) is 0.955. The van der Waals surface area contributed by atoms with E-state index < -0.39 is 0 Å². The predicted octanol–water partition coefficient (Wildman–Crippen LogP) is 5.88. The van der Waals surface area contributed by atoms with Gasteiger partial charge in [-0.2, -0.15) is 0 Å². The van der Waals surface area contributed by atoms with Gasteiger partial charge in [0.05, 0.1) is 6.61 Å². The monoisotopic (exact) mass is 370 g/mol. The van der Waals surface area contributed by atoms with Gasteiger partial charge in [-0.15, -0.1) is 0 Å². The van der Waals surface area contributed by atoms with Crippen LogP contribution in [0.15, 0.2) is 0 Å². The van der Waals surface area contributed by atoms with E-state index in [1.807, 2.05) is 0 Å². The van der Waals surface area contributed by atoms with Gasteiger partial charge in [0.25, 0.3) is 0 Å². The normalized spacial score (nSPS) is 10.9. The summed E-state index contributed by atoms with van der Waals surface area (Å²) in [6.07, 6.45) is 21.8. The Morgan fingerprint density at radius 1 is 0.731 bits per heavy atom. The molecule has 0 aliphatic carbocycles. The minimum absolute atomic E-state index is 0.0168. The molecule has 2 amide bonds. The Balaban J connectivity index is 3.12. The third-order valence-corrected chi connectivity index (χ3v) is 5.09. The average molecular weight is 371 g/mol. The Kier molecular flexibility index (Phi) is 19.9. The van der Waals surface area contributed by atoms with Crippen LogP contribution in [0.25, 0.3) is 0 Å². The first-order valence-corrected chi connectivity index (χ1v) is 11.3. The number of amides is 2. The fourth-order valence-electron chi connectivity index (χ4n) is 3.25. The first kappa shape index (κ1) is 25.2. The van der Waals surface area contributed by atoms with Crippen molar-refractivity contribution in [2.45, 2.75) is 110 Å². The van der Waals surface area contributed by atoms with Crippen LogP contribution in [0.4, 0.5) is 4.79 Å². The van der Waals surface area contributed by atoms with Gasteiger partial charge in [0.1, 0.15) is 0 Å². The van der Waals surface area contributed by atoms with Crippen LogP contribution in [0.2, 0.25) is 0 Å². The van der Waals surface area contributed by atoms with Crippen molar-refractivity contribution >= 4 is 6.03 Å². The Morgan fingerprint density at radius 3 is 1.50 bits per heavy atom. The SMILES string of the molecule is CCCCCCCCCCCCCCCCCCNC(=O)N(C)CCO. The summed E-state index contributed by atoms with van der Waals surface area (Å²) in [5.41, 5.74) is 0. The number of likely N-dealkylation sites (N-methyl/N-ethyl adjacent to an activating group) is 1. The molecule has 0 aliphatic rings. The van der Waals surface area contributed by atoms with Crippen molar-refractivity contribution in [3.8, 4) is 0 Å². The summed E-state index contributed by atoms with van der Waals surface area (Å²) < 4.78 is 0. The van der Waals surface area contributed by atoms with Crippen LogP contribution in [-0.2, 0) is 0 Å². The number of carbonyl (C=O) groups is 1. The number of urea groups is 1. The lowest BCUT2D eigenvalue weighted by atomic mass is 10.0. The highest BCUT2D eigenvalue weighted by Crippen LogP contribution is 2.13. The Bertz CT molecular complexity index is 298. The number of nitrogens with zero attached hydrogens (tertiary/aromatic N) is 1. The Labute approximate surface area is 163 Å². The zero-order valence-electron chi connectivity index (χ0n) is 17.7. The van der Waals surface area contributed by atoms with Crippen molar-refractivity contribution in [1.82, 2.24) is 10.2 Å². The second-order valence-corrected chi connectivity index (χ2v) is 7.68. The Hall–Kier alpha value is -0.770. The van der Waals surface area contributed by atoms with Crippen LogP contribution >= 0.6 is 0 Å². The van der Waals surface area contributed by atoms with Crippen molar-refractivity contribution in [3.63, 3.8) is 0 Å². The summed E-state index contributed by atoms with van der Waals surface area (Å²) in [5.74, 6) is 0. The highest BCUT2D eigenvalue weighted by atomic mass is 16.3. The first-order valence-electron chi connectivity index (χ1n) is 11.3. The van der Waals surface area contributed by atoms with E-state index in [9.17, 15) is 4.79 Å². The number of rotatable bonds is 19. The summed E-state index contributed by atoms with van der Waals surface area (Å²) in [5, 5.41) is 11.7. The molecule has 0 saturated heterocycles. The molecule has 0 bridgehead atoms. The van der Waals surface area contributed by atoms with E-state index in [1.165, 1.54) is 101 Å². The molecule has 26 heavy (non-hydrogen) atoms. The van der Waals surface area contributed by atoms with Crippen molar-refractivity contribution in [2.24, 2.45) is 0 Å².